The molecule has 2 amide bonds. The molecule has 1 N–H and O–H groups in total. The van der Waals surface area contributed by atoms with E-state index in [1.807, 2.05) is 20.8 Å². The SMILES string of the molecule is COc1cc(CNC(=O)CC2CCN(C(=O)OC(C)(C)C)CC2)ccc1OC(F)F. The first-order chi connectivity index (χ1) is 14.1. The summed E-state index contributed by atoms with van der Waals surface area (Å²) in [6.45, 7) is 3.93. The van der Waals surface area contributed by atoms with Crippen LogP contribution in [0.1, 0.15) is 45.6 Å². The van der Waals surface area contributed by atoms with Gasteiger partial charge in [0, 0.05) is 26.1 Å². The fourth-order valence-electron chi connectivity index (χ4n) is 3.20. The van der Waals surface area contributed by atoms with E-state index in [1.165, 1.54) is 13.2 Å². The Morgan fingerprint density at radius 2 is 1.87 bits per heavy atom. The molecule has 1 heterocycles. The van der Waals surface area contributed by atoms with Crippen LogP contribution in [0.15, 0.2) is 18.2 Å². The number of nitrogens with one attached hydrogen (secondary N) is 1. The average molecular weight is 428 g/mol. The minimum atomic E-state index is -2.94. The predicted molar refractivity (Wildman–Crippen MR) is 107 cm³/mol. The number of carbonyl (C=O) groups is 2. The third kappa shape index (κ3) is 7.68. The molecule has 0 radical (unpaired) electrons. The third-order valence-corrected chi connectivity index (χ3v) is 4.67. The van der Waals surface area contributed by atoms with Gasteiger partial charge < -0.3 is 24.4 Å². The van der Waals surface area contributed by atoms with Crippen molar-refractivity contribution in [1.82, 2.24) is 10.2 Å². The number of carbonyl (C=O) groups excluding carboxylic acids is 2. The zero-order valence-corrected chi connectivity index (χ0v) is 17.9. The quantitative estimate of drug-likeness (QED) is 0.712. The molecular formula is C21H30F2N2O5. The Morgan fingerprint density at radius 3 is 2.43 bits per heavy atom. The van der Waals surface area contributed by atoms with E-state index in [9.17, 15) is 18.4 Å². The van der Waals surface area contributed by atoms with E-state index in [2.05, 4.69) is 10.1 Å². The van der Waals surface area contributed by atoms with Gasteiger partial charge in [0.15, 0.2) is 11.5 Å². The minimum Gasteiger partial charge on any atom is -0.493 e. The van der Waals surface area contributed by atoms with Gasteiger partial charge in [-0.3, -0.25) is 4.79 Å². The average Bonchev–Trinajstić information content (AvgIpc) is 2.66. The smallest absolute Gasteiger partial charge is 0.410 e. The highest BCUT2D eigenvalue weighted by Gasteiger charge is 2.27. The molecule has 0 atom stereocenters. The zero-order valence-electron chi connectivity index (χ0n) is 17.9. The maximum absolute atomic E-state index is 12.4. The fourth-order valence-corrected chi connectivity index (χ4v) is 3.20. The van der Waals surface area contributed by atoms with Gasteiger partial charge in [-0.05, 0) is 57.2 Å². The van der Waals surface area contributed by atoms with Crippen molar-refractivity contribution in [2.24, 2.45) is 5.92 Å². The van der Waals surface area contributed by atoms with Crippen molar-refractivity contribution in [2.45, 2.75) is 58.8 Å². The van der Waals surface area contributed by atoms with Gasteiger partial charge >= 0.3 is 12.7 Å². The van der Waals surface area contributed by atoms with E-state index >= 15 is 0 Å². The van der Waals surface area contributed by atoms with Gasteiger partial charge in [-0.1, -0.05) is 6.07 Å². The van der Waals surface area contributed by atoms with Crippen LogP contribution in [0, 0.1) is 5.92 Å². The van der Waals surface area contributed by atoms with E-state index in [0.717, 1.165) is 12.8 Å². The van der Waals surface area contributed by atoms with Gasteiger partial charge in [0.05, 0.1) is 7.11 Å². The van der Waals surface area contributed by atoms with Crippen LogP contribution in [0.25, 0.3) is 0 Å². The van der Waals surface area contributed by atoms with Crippen molar-refractivity contribution >= 4 is 12.0 Å². The number of halogens is 2. The Balaban J connectivity index is 1.77. The van der Waals surface area contributed by atoms with Gasteiger partial charge in [0.25, 0.3) is 0 Å². The summed E-state index contributed by atoms with van der Waals surface area (Å²) in [7, 11) is 1.36. The monoisotopic (exact) mass is 428 g/mol. The van der Waals surface area contributed by atoms with Crippen molar-refractivity contribution in [3.05, 3.63) is 23.8 Å². The first-order valence-corrected chi connectivity index (χ1v) is 9.93. The second-order valence-electron chi connectivity index (χ2n) is 8.26. The Bertz CT molecular complexity index is 729. The lowest BCUT2D eigenvalue weighted by Gasteiger charge is -2.33. The first-order valence-electron chi connectivity index (χ1n) is 9.93. The molecular weight excluding hydrogens is 398 g/mol. The molecule has 0 saturated carbocycles. The Hall–Kier alpha value is -2.58. The lowest BCUT2D eigenvalue weighted by Crippen LogP contribution is -2.42. The van der Waals surface area contributed by atoms with E-state index in [0.29, 0.717) is 25.1 Å². The highest BCUT2D eigenvalue weighted by molar-refractivity contribution is 5.76. The number of hydrogen-bond donors (Lipinski definition) is 1. The second-order valence-corrected chi connectivity index (χ2v) is 8.26. The predicted octanol–water partition coefficient (Wildman–Crippen LogP) is 3.95. The van der Waals surface area contributed by atoms with Crippen molar-refractivity contribution in [2.75, 3.05) is 20.2 Å². The van der Waals surface area contributed by atoms with Crippen LogP contribution in [0.5, 0.6) is 11.5 Å². The summed E-state index contributed by atoms with van der Waals surface area (Å²) in [5.74, 6) is 0.216. The molecule has 1 fully saturated rings. The lowest BCUT2D eigenvalue weighted by molar-refractivity contribution is -0.122. The molecule has 30 heavy (non-hydrogen) atoms. The number of hydrogen-bond acceptors (Lipinski definition) is 5. The summed E-state index contributed by atoms with van der Waals surface area (Å²) in [6.07, 6.45) is 1.52. The first kappa shape index (κ1) is 23.7. The van der Waals surface area contributed by atoms with Crippen LogP contribution < -0.4 is 14.8 Å². The largest absolute Gasteiger partial charge is 0.493 e. The van der Waals surface area contributed by atoms with Crippen molar-refractivity contribution < 1.29 is 32.6 Å². The maximum Gasteiger partial charge on any atom is 0.410 e. The molecule has 0 aliphatic carbocycles. The summed E-state index contributed by atoms with van der Waals surface area (Å²) in [4.78, 5) is 26.1. The standard InChI is InChI=1S/C21H30F2N2O5/c1-21(2,3)30-20(27)25-9-7-14(8-10-25)12-18(26)24-13-15-5-6-16(29-19(22)23)17(11-15)28-4/h5-6,11,14,19H,7-10,12-13H2,1-4H3,(H,24,26). The van der Waals surface area contributed by atoms with Crippen molar-refractivity contribution in [3.63, 3.8) is 0 Å². The summed E-state index contributed by atoms with van der Waals surface area (Å²) >= 11 is 0. The number of amides is 2. The molecule has 1 aliphatic rings. The summed E-state index contributed by atoms with van der Waals surface area (Å²) < 4.78 is 39.6. The maximum atomic E-state index is 12.4. The summed E-state index contributed by atoms with van der Waals surface area (Å²) in [6, 6.07) is 4.54. The fraction of sp³-hybridized carbons (Fsp3) is 0.619. The minimum absolute atomic E-state index is 0.0562. The Kier molecular flexibility index (Phi) is 8.25. The number of rotatable bonds is 7. The number of ether oxygens (including phenoxy) is 3. The van der Waals surface area contributed by atoms with Crippen LogP contribution in [0.2, 0.25) is 0 Å². The molecule has 2 rings (SSSR count). The molecule has 0 aromatic heterocycles. The van der Waals surface area contributed by atoms with Gasteiger partial charge in [-0.15, -0.1) is 0 Å². The molecule has 7 nitrogen and oxygen atoms in total. The number of nitrogens with zero attached hydrogens (tertiary/aromatic N) is 1. The van der Waals surface area contributed by atoms with Crippen LogP contribution >= 0.6 is 0 Å². The van der Waals surface area contributed by atoms with Crippen LogP contribution in [0.3, 0.4) is 0 Å². The molecule has 1 saturated heterocycles. The topological polar surface area (TPSA) is 77.1 Å². The Labute approximate surface area is 175 Å². The number of likely N-dealkylation sites (tertiary alicyclic amines) is 1. The molecule has 168 valence electrons. The van der Waals surface area contributed by atoms with E-state index in [1.54, 1.807) is 17.0 Å². The number of piperidine rings is 1. The summed E-state index contributed by atoms with van der Waals surface area (Å²) in [5.41, 5.74) is 0.182. The molecule has 0 bridgehead atoms. The van der Waals surface area contributed by atoms with Crippen LogP contribution in [-0.4, -0.2) is 49.3 Å². The van der Waals surface area contributed by atoms with E-state index in [4.69, 9.17) is 9.47 Å². The van der Waals surface area contributed by atoms with Gasteiger partial charge in [0.2, 0.25) is 5.91 Å². The molecule has 9 heteroatoms. The van der Waals surface area contributed by atoms with Crippen molar-refractivity contribution in [3.8, 4) is 11.5 Å². The highest BCUT2D eigenvalue weighted by atomic mass is 19.3. The molecule has 0 unspecified atom stereocenters. The van der Waals surface area contributed by atoms with Gasteiger partial charge in [-0.2, -0.15) is 8.78 Å². The van der Waals surface area contributed by atoms with Gasteiger partial charge in [-0.25, -0.2) is 4.79 Å². The lowest BCUT2D eigenvalue weighted by atomic mass is 9.93. The molecule has 0 spiro atoms. The van der Waals surface area contributed by atoms with Crippen molar-refractivity contribution in [1.29, 1.82) is 0 Å². The normalized spacial score (nSPS) is 15.1. The number of alkyl halides is 2. The molecule has 1 aromatic rings. The third-order valence-electron chi connectivity index (χ3n) is 4.67. The number of benzene rings is 1. The van der Waals surface area contributed by atoms with Crippen LogP contribution in [0.4, 0.5) is 13.6 Å². The van der Waals surface area contributed by atoms with E-state index in [-0.39, 0.29) is 36.0 Å². The van der Waals surface area contributed by atoms with Crippen LogP contribution in [-0.2, 0) is 16.1 Å². The van der Waals surface area contributed by atoms with E-state index < -0.39 is 12.2 Å². The second kappa shape index (κ2) is 10.4. The Morgan fingerprint density at radius 1 is 1.20 bits per heavy atom. The molecule has 1 aliphatic heterocycles. The summed E-state index contributed by atoms with van der Waals surface area (Å²) in [5, 5.41) is 2.83. The zero-order chi connectivity index (χ0) is 22.3. The van der Waals surface area contributed by atoms with Gasteiger partial charge in [0.1, 0.15) is 5.60 Å². The number of methoxy groups -OCH3 is 1. The highest BCUT2D eigenvalue weighted by Crippen LogP contribution is 2.29. The molecule has 1 aromatic carbocycles.